The van der Waals surface area contributed by atoms with Gasteiger partial charge in [0, 0.05) is 24.7 Å². The molecule has 7 nitrogen and oxygen atoms in total. The van der Waals surface area contributed by atoms with Gasteiger partial charge in [-0.1, -0.05) is 25.1 Å². The van der Waals surface area contributed by atoms with E-state index in [1.165, 1.54) is 25.1 Å². The Hall–Kier alpha value is -3.42. The number of benzene rings is 1. The van der Waals surface area contributed by atoms with E-state index in [0.29, 0.717) is 11.2 Å². The molecule has 0 aliphatic carbocycles. The van der Waals surface area contributed by atoms with Crippen molar-refractivity contribution in [2.24, 2.45) is 5.92 Å². The van der Waals surface area contributed by atoms with Crippen LogP contribution in [0.2, 0.25) is 0 Å². The Morgan fingerprint density at radius 2 is 1.97 bits per heavy atom. The predicted molar refractivity (Wildman–Crippen MR) is 128 cm³/mol. The van der Waals surface area contributed by atoms with E-state index in [-0.39, 0.29) is 28.6 Å². The molecule has 204 valence electrons. The molecule has 38 heavy (non-hydrogen) atoms. The first-order valence-electron chi connectivity index (χ1n) is 11.4. The molecular weight excluding hydrogens is 536 g/mol. The normalized spacial score (nSPS) is 19.3. The number of nitrogens with one attached hydrogen (secondary N) is 1. The third-order valence-corrected chi connectivity index (χ3v) is 7.12. The summed E-state index contributed by atoms with van der Waals surface area (Å²) in [7, 11) is 1.02. The van der Waals surface area contributed by atoms with E-state index in [1.54, 1.807) is 13.0 Å². The van der Waals surface area contributed by atoms with Crippen molar-refractivity contribution in [2.75, 3.05) is 25.5 Å². The number of carbonyl (C=O) groups is 1. The Kier molecular flexibility index (Phi) is 7.55. The molecule has 0 unspecified atom stereocenters. The second kappa shape index (κ2) is 10.4. The Bertz CT molecular complexity index is 1330. The minimum absolute atomic E-state index is 0.123. The van der Waals surface area contributed by atoms with Crippen LogP contribution >= 0.6 is 11.3 Å². The summed E-state index contributed by atoms with van der Waals surface area (Å²) in [6.45, 7) is 2.11. The molecule has 1 saturated heterocycles. The number of likely N-dealkylation sites (tertiary alicyclic amines) is 1. The van der Waals surface area contributed by atoms with Crippen LogP contribution in [0.15, 0.2) is 30.5 Å². The number of aromatic nitrogens is 3. The van der Waals surface area contributed by atoms with Gasteiger partial charge in [-0.15, -0.1) is 11.3 Å². The van der Waals surface area contributed by atoms with E-state index >= 15 is 0 Å². The standard InChI is InChI=1S/C24H23F6N5O2S/c1-12-8-23(26,27)11-35(17(12)10-32-22-31-9-15(24(28,29)30)20(34-22)37-3)21(36)18-19(38-13(2)33-18)14-6-4-5-7-16(14)25/h4-7,9,12,17H,8,10-11H2,1-3H3,(H,31,32,34)/t12-,17-/m1/s1. The van der Waals surface area contributed by atoms with Crippen molar-refractivity contribution >= 4 is 23.2 Å². The molecule has 1 amide bonds. The maximum absolute atomic E-state index is 14.6. The Labute approximate surface area is 217 Å². The minimum Gasteiger partial charge on any atom is -0.480 e. The zero-order valence-electron chi connectivity index (χ0n) is 20.4. The zero-order chi connectivity index (χ0) is 27.8. The largest absolute Gasteiger partial charge is 0.480 e. The molecule has 1 N–H and O–H groups in total. The lowest BCUT2D eigenvalue weighted by molar-refractivity contribution is -0.139. The number of anilines is 1. The van der Waals surface area contributed by atoms with E-state index in [2.05, 4.69) is 20.3 Å². The second-order valence-corrected chi connectivity index (χ2v) is 10.1. The maximum Gasteiger partial charge on any atom is 0.423 e. The molecule has 2 aromatic heterocycles. The highest BCUT2D eigenvalue weighted by atomic mass is 32.1. The lowest BCUT2D eigenvalue weighted by atomic mass is 9.88. The third kappa shape index (κ3) is 5.69. The van der Waals surface area contributed by atoms with Crippen LogP contribution in [0.3, 0.4) is 0 Å². The Morgan fingerprint density at radius 1 is 1.26 bits per heavy atom. The van der Waals surface area contributed by atoms with Gasteiger partial charge >= 0.3 is 6.18 Å². The first kappa shape index (κ1) is 27.6. The molecule has 3 aromatic rings. The topological polar surface area (TPSA) is 80.2 Å². The number of hydrogen-bond donors (Lipinski definition) is 1. The number of methoxy groups -OCH3 is 1. The first-order valence-corrected chi connectivity index (χ1v) is 12.3. The van der Waals surface area contributed by atoms with Gasteiger partial charge in [0.25, 0.3) is 11.8 Å². The van der Waals surface area contributed by atoms with Crippen molar-refractivity contribution < 1.29 is 35.9 Å². The smallest absolute Gasteiger partial charge is 0.423 e. The highest BCUT2D eigenvalue weighted by Gasteiger charge is 2.47. The lowest BCUT2D eigenvalue weighted by Crippen LogP contribution is -2.57. The van der Waals surface area contributed by atoms with Gasteiger partial charge in [-0.25, -0.2) is 23.1 Å². The number of thiazole rings is 1. The summed E-state index contributed by atoms with van der Waals surface area (Å²) in [6.07, 6.45) is -4.71. The van der Waals surface area contributed by atoms with E-state index in [1.807, 2.05) is 0 Å². The summed E-state index contributed by atoms with van der Waals surface area (Å²) in [5.41, 5.74) is -1.20. The molecule has 0 saturated carbocycles. The molecule has 2 atom stereocenters. The van der Waals surface area contributed by atoms with Crippen molar-refractivity contribution in [3.05, 3.63) is 52.5 Å². The summed E-state index contributed by atoms with van der Waals surface area (Å²) in [6, 6.07) is 4.95. The fourth-order valence-electron chi connectivity index (χ4n) is 4.41. The fraction of sp³-hybridized carbons (Fsp3) is 0.417. The summed E-state index contributed by atoms with van der Waals surface area (Å²) >= 11 is 1.07. The predicted octanol–water partition coefficient (Wildman–Crippen LogP) is 5.67. The van der Waals surface area contributed by atoms with Crippen LogP contribution in [0.25, 0.3) is 10.4 Å². The average Bonchev–Trinajstić information content (AvgIpc) is 3.22. The SMILES string of the molecule is COc1nc(NC[C@@H]2[C@H](C)CC(F)(F)CN2C(=O)c2nc(C)sc2-c2ccccc2F)ncc1C(F)(F)F. The highest BCUT2D eigenvalue weighted by Crippen LogP contribution is 2.39. The number of rotatable bonds is 6. The van der Waals surface area contributed by atoms with Crippen LogP contribution in [0.4, 0.5) is 32.3 Å². The van der Waals surface area contributed by atoms with Crippen molar-refractivity contribution in [3.63, 3.8) is 0 Å². The van der Waals surface area contributed by atoms with Crippen molar-refractivity contribution in [1.82, 2.24) is 19.9 Å². The molecule has 0 bridgehead atoms. The summed E-state index contributed by atoms with van der Waals surface area (Å²) < 4.78 is 87.9. The van der Waals surface area contributed by atoms with Gasteiger partial charge in [-0.05, 0) is 18.9 Å². The van der Waals surface area contributed by atoms with Crippen molar-refractivity contribution in [2.45, 2.75) is 38.4 Å². The lowest BCUT2D eigenvalue weighted by Gasteiger charge is -2.43. The van der Waals surface area contributed by atoms with Crippen LogP contribution in [0, 0.1) is 18.7 Å². The first-order chi connectivity index (χ1) is 17.8. The molecule has 0 spiro atoms. The number of halogens is 6. The number of amides is 1. The van der Waals surface area contributed by atoms with Gasteiger partial charge in [0.2, 0.25) is 11.8 Å². The molecule has 0 radical (unpaired) electrons. The van der Waals surface area contributed by atoms with E-state index in [9.17, 15) is 31.1 Å². The maximum atomic E-state index is 14.6. The van der Waals surface area contributed by atoms with Gasteiger partial charge in [0.1, 0.15) is 17.1 Å². The highest BCUT2D eigenvalue weighted by molar-refractivity contribution is 7.15. The van der Waals surface area contributed by atoms with Crippen LogP contribution in [0.1, 0.15) is 34.4 Å². The summed E-state index contributed by atoms with van der Waals surface area (Å²) in [5, 5.41) is 3.18. The molecule has 1 fully saturated rings. The molecular formula is C24H23F6N5O2S. The van der Waals surface area contributed by atoms with Crippen LogP contribution in [-0.2, 0) is 6.18 Å². The van der Waals surface area contributed by atoms with Crippen LogP contribution in [0.5, 0.6) is 5.88 Å². The minimum atomic E-state index is -4.74. The quantitative estimate of drug-likeness (QED) is 0.392. The average molecular weight is 560 g/mol. The number of aryl methyl sites for hydroxylation is 1. The van der Waals surface area contributed by atoms with Gasteiger partial charge in [0.05, 0.1) is 29.6 Å². The molecule has 3 heterocycles. The summed E-state index contributed by atoms with van der Waals surface area (Å²) in [4.78, 5) is 26.4. The van der Waals surface area contributed by atoms with Gasteiger partial charge in [-0.2, -0.15) is 18.2 Å². The molecule has 1 aliphatic rings. The van der Waals surface area contributed by atoms with Gasteiger partial charge in [-0.3, -0.25) is 4.79 Å². The van der Waals surface area contributed by atoms with E-state index in [4.69, 9.17) is 4.74 Å². The van der Waals surface area contributed by atoms with Crippen LogP contribution < -0.4 is 10.1 Å². The number of hydrogen-bond acceptors (Lipinski definition) is 7. The second-order valence-electron chi connectivity index (χ2n) is 8.92. The molecule has 14 heteroatoms. The molecule has 1 aromatic carbocycles. The number of ether oxygens (including phenoxy) is 1. The monoisotopic (exact) mass is 559 g/mol. The third-order valence-electron chi connectivity index (χ3n) is 6.12. The number of piperidine rings is 1. The van der Waals surface area contributed by atoms with Gasteiger partial charge in [0.15, 0.2) is 0 Å². The Morgan fingerprint density at radius 3 is 2.63 bits per heavy atom. The van der Waals surface area contributed by atoms with E-state index < -0.39 is 60.2 Å². The zero-order valence-corrected chi connectivity index (χ0v) is 21.3. The molecule has 4 rings (SSSR count). The molecule has 1 aliphatic heterocycles. The Balaban J connectivity index is 1.64. The number of nitrogens with zero attached hydrogens (tertiary/aromatic N) is 4. The van der Waals surface area contributed by atoms with E-state index in [0.717, 1.165) is 23.3 Å². The van der Waals surface area contributed by atoms with Crippen molar-refractivity contribution in [1.29, 1.82) is 0 Å². The number of carbonyl (C=O) groups excluding carboxylic acids is 1. The summed E-state index contributed by atoms with van der Waals surface area (Å²) in [5.74, 6) is -6.25. The fourth-order valence-corrected chi connectivity index (χ4v) is 5.35. The van der Waals surface area contributed by atoms with Gasteiger partial charge < -0.3 is 15.0 Å². The van der Waals surface area contributed by atoms with Crippen LogP contribution in [-0.4, -0.2) is 57.9 Å². The number of alkyl halides is 5. The van der Waals surface area contributed by atoms with Crippen molar-refractivity contribution in [3.8, 4) is 16.3 Å².